The number of nitrogens with one attached hydrogen (secondary N) is 1. The number of ether oxygens (including phenoxy) is 2. The lowest BCUT2D eigenvalue weighted by atomic mass is 10.0. The molecule has 0 bridgehead atoms. The van der Waals surface area contributed by atoms with E-state index in [4.69, 9.17) is 4.74 Å². The van der Waals surface area contributed by atoms with Crippen molar-refractivity contribution in [2.75, 3.05) is 20.2 Å². The maximum Gasteiger partial charge on any atom is 0.387 e. The average Bonchev–Trinajstić information content (AvgIpc) is 3.33. The molecule has 27 heavy (non-hydrogen) atoms. The summed E-state index contributed by atoms with van der Waals surface area (Å²) >= 11 is 0. The van der Waals surface area contributed by atoms with Gasteiger partial charge in [0, 0.05) is 19.0 Å². The van der Waals surface area contributed by atoms with Crippen LogP contribution in [0.1, 0.15) is 37.7 Å². The molecular formula is C19H27ClF2N2O3. The van der Waals surface area contributed by atoms with Crippen molar-refractivity contribution < 1.29 is 23.0 Å². The zero-order valence-corrected chi connectivity index (χ0v) is 16.3. The summed E-state index contributed by atoms with van der Waals surface area (Å²) in [7, 11) is 1.41. The van der Waals surface area contributed by atoms with Gasteiger partial charge in [-0.1, -0.05) is 6.07 Å². The molecule has 1 N–H and O–H groups in total. The summed E-state index contributed by atoms with van der Waals surface area (Å²) in [6.45, 7) is -0.390. The van der Waals surface area contributed by atoms with E-state index in [0.29, 0.717) is 24.9 Å². The fourth-order valence-electron chi connectivity index (χ4n) is 3.44. The van der Waals surface area contributed by atoms with E-state index < -0.39 is 6.61 Å². The van der Waals surface area contributed by atoms with Gasteiger partial charge in [-0.2, -0.15) is 8.78 Å². The van der Waals surface area contributed by atoms with E-state index in [-0.39, 0.29) is 29.8 Å². The molecule has 1 heterocycles. The molecule has 1 saturated carbocycles. The molecule has 1 aromatic rings. The number of hydrogen-bond donors (Lipinski definition) is 1. The molecule has 0 radical (unpaired) electrons. The Morgan fingerprint density at radius 2 is 2.07 bits per heavy atom. The van der Waals surface area contributed by atoms with Gasteiger partial charge in [-0.3, -0.25) is 4.79 Å². The molecule has 1 amide bonds. The zero-order chi connectivity index (χ0) is 18.5. The van der Waals surface area contributed by atoms with Gasteiger partial charge in [0.15, 0.2) is 11.5 Å². The Morgan fingerprint density at radius 1 is 1.30 bits per heavy atom. The molecule has 2 fully saturated rings. The van der Waals surface area contributed by atoms with Crippen molar-refractivity contribution in [2.45, 2.75) is 51.3 Å². The Labute approximate surface area is 164 Å². The summed E-state index contributed by atoms with van der Waals surface area (Å²) in [4.78, 5) is 14.6. The van der Waals surface area contributed by atoms with E-state index in [1.54, 1.807) is 12.1 Å². The van der Waals surface area contributed by atoms with Gasteiger partial charge in [-0.05, 0) is 62.4 Å². The minimum absolute atomic E-state index is 0. The van der Waals surface area contributed by atoms with Crippen LogP contribution in [0.4, 0.5) is 8.78 Å². The lowest BCUT2D eigenvalue weighted by Gasteiger charge is -2.24. The summed E-state index contributed by atoms with van der Waals surface area (Å²) in [6, 6.07) is 5.15. The van der Waals surface area contributed by atoms with Gasteiger partial charge in [-0.25, -0.2) is 0 Å². The lowest BCUT2D eigenvalue weighted by molar-refractivity contribution is -0.132. The maximum absolute atomic E-state index is 12.7. The van der Waals surface area contributed by atoms with Crippen LogP contribution in [0.3, 0.4) is 0 Å². The molecular weight excluding hydrogens is 378 g/mol. The molecule has 1 aromatic carbocycles. The Bertz CT molecular complexity index is 623. The number of halogens is 3. The molecule has 0 spiro atoms. The first-order valence-electron chi connectivity index (χ1n) is 9.18. The minimum Gasteiger partial charge on any atom is -0.493 e. The van der Waals surface area contributed by atoms with E-state index in [1.165, 1.54) is 13.2 Å². The highest BCUT2D eigenvalue weighted by Gasteiger charge is 2.32. The molecule has 3 rings (SSSR count). The van der Waals surface area contributed by atoms with Crippen LogP contribution in [0.25, 0.3) is 0 Å². The van der Waals surface area contributed by atoms with Gasteiger partial charge in [0.05, 0.1) is 7.11 Å². The van der Waals surface area contributed by atoms with Crippen molar-refractivity contribution in [3.63, 3.8) is 0 Å². The quantitative estimate of drug-likeness (QED) is 0.683. The van der Waals surface area contributed by atoms with E-state index in [1.807, 2.05) is 4.90 Å². The number of hydrogen-bond acceptors (Lipinski definition) is 4. The highest BCUT2D eigenvalue weighted by molar-refractivity contribution is 5.85. The standard InChI is InChI=1S/C19H26F2N2O3.ClH/c1-25-17-10-14(2-6-16(17)26-19(20)21)12-23(15-4-5-15)18(24)7-3-13-8-9-22-11-13;/h2,6,10,13,15,19,22H,3-5,7-9,11-12H2,1H3;1H. The van der Waals surface area contributed by atoms with Gasteiger partial charge in [0.1, 0.15) is 0 Å². The molecule has 1 aliphatic carbocycles. The zero-order valence-electron chi connectivity index (χ0n) is 15.5. The van der Waals surface area contributed by atoms with Gasteiger partial charge in [0.25, 0.3) is 0 Å². The van der Waals surface area contributed by atoms with Gasteiger partial charge in [-0.15, -0.1) is 12.4 Å². The number of carbonyl (C=O) groups is 1. The predicted molar refractivity (Wildman–Crippen MR) is 101 cm³/mol. The minimum atomic E-state index is -2.90. The summed E-state index contributed by atoms with van der Waals surface area (Å²) < 4.78 is 34.5. The normalized spacial score (nSPS) is 18.9. The number of alkyl halides is 2. The van der Waals surface area contributed by atoms with Gasteiger partial charge in [0.2, 0.25) is 5.91 Å². The number of carbonyl (C=O) groups excluding carboxylic acids is 1. The molecule has 1 aliphatic heterocycles. The van der Waals surface area contributed by atoms with Crippen LogP contribution in [-0.2, 0) is 11.3 Å². The predicted octanol–water partition coefficient (Wildman–Crippen LogP) is 3.60. The largest absolute Gasteiger partial charge is 0.493 e. The summed E-state index contributed by atoms with van der Waals surface area (Å²) in [5, 5.41) is 3.33. The summed E-state index contributed by atoms with van der Waals surface area (Å²) in [6.07, 6.45) is 4.67. The van der Waals surface area contributed by atoms with Crippen LogP contribution in [0.2, 0.25) is 0 Å². The molecule has 1 unspecified atom stereocenters. The Balaban J connectivity index is 0.00000261. The Kier molecular flexibility index (Phi) is 8.10. The number of nitrogens with zero attached hydrogens (tertiary/aromatic N) is 1. The fourth-order valence-corrected chi connectivity index (χ4v) is 3.44. The molecule has 2 aliphatic rings. The van der Waals surface area contributed by atoms with Crippen molar-refractivity contribution in [3.8, 4) is 11.5 Å². The third-order valence-electron chi connectivity index (χ3n) is 5.03. The van der Waals surface area contributed by atoms with Crippen molar-refractivity contribution in [1.29, 1.82) is 0 Å². The summed E-state index contributed by atoms with van der Waals surface area (Å²) in [5.74, 6) is 1.02. The second-order valence-corrected chi connectivity index (χ2v) is 7.01. The lowest BCUT2D eigenvalue weighted by Crippen LogP contribution is -2.32. The van der Waals surface area contributed by atoms with Gasteiger partial charge < -0.3 is 19.7 Å². The van der Waals surface area contributed by atoms with E-state index >= 15 is 0 Å². The highest BCUT2D eigenvalue weighted by Crippen LogP contribution is 2.33. The first-order valence-corrected chi connectivity index (χ1v) is 9.18. The van der Waals surface area contributed by atoms with Crippen LogP contribution in [0.15, 0.2) is 18.2 Å². The third kappa shape index (κ3) is 6.21. The molecule has 5 nitrogen and oxygen atoms in total. The van der Waals surface area contributed by atoms with Crippen LogP contribution in [0, 0.1) is 5.92 Å². The van der Waals surface area contributed by atoms with E-state index in [9.17, 15) is 13.6 Å². The van der Waals surface area contributed by atoms with E-state index in [2.05, 4.69) is 10.1 Å². The Hall–Kier alpha value is -1.60. The second kappa shape index (κ2) is 10.1. The smallest absolute Gasteiger partial charge is 0.387 e. The maximum atomic E-state index is 12.7. The van der Waals surface area contributed by atoms with Crippen LogP contribution in [0.5, 0.6) is 11.5 Å². The molecule has 1 atom stereocenters. The summed E-state index contributed by atoms with van der Waals surface area (Å²) in [5.41, 5.74) is 0.853. The first kappa shape index (κ1) is 21.7. The number of methoxy groups -OCH3 is 1. The van der Waals surface area contributed by atoms with Crippen molar-refractivity contribution in [3.05, 3.63) is 23.8 Å². The second-order valence-electron chi connectivity index (χ2n) is 7.01. The van der Waals surface area contributed by atoms with Crippen LogP contribution in [-0.4, -0.2) is 43.7 Å². The Morgan fingerprint density at radius 3 is 2.67 bits per heavy atom. The number of benzene rings is 1. The van der Waals surface area contributed by atoms with Crippen molar-refractivity contribution in [1.82, 2.24) is 10.2 Å². The number of rotatable bonds is 9. The highest BCUT2D eigenvalue weighted by atomic mass is 35.5. The third-order valence-corrected chi connectivity index (χ3v) is 5.03. The molecule has 8 heteroatoms. The number of amides is 1. The average molecular weight is 405 g/mol. The van der Waals surface area contributed by atoms with Crippen molar-refractivity contribution in [2.24, 2.45) is 5.92 Å². The molecule has 1 saturated heterocycles. The topological polar surface area (TPSA) is 50.8 Å². The molecule has 152 valence electrons. The first-order chi connectivity index (χ1) is 12.6. The molecule has 0 aromatic heterocycles. The van der Waals surface area contributed by atoms with E-state index in [0.717, 1.165) is 44.3 Å². The SMILES string of the molecule is COc1cc(CN(C(=O)CCC2CCNC2)C2CC2)ccc1OC(F)F.Cl. The van der Waals surface area contributed by atoms with Crippen LogP contribution >= 0.6 is 12.4 Å². The monoisotopic (exact) mass is 404 g/mol. The van der Waals surface area contributed by atoms with Crippen molar-refractivity contribution >= 4 is 18.3 Å². The van der Waals surface area contributed by atoms with Crippen LogP contribution < -0.4 is 14.8 Å². The fraction of sp³-hybridized carbons (Fsp3) is 0.632. The van der Waals surface area contributed by atoms with Gasteiger partial charge >= 0.3 is 6.61 Å².